The molecule has 1 saturated carbocycles. The van der Waals surface area contributed by atoms with Gasteiger partial charge in [-0.05, 0) is 38.0 Å². The molecule has 2 aliphatic carbocycles. The zero-order valence-electron chi connectivity index (χ0n) is 13.4. The summed E-state index contributed by atoms with van der Waals surface area (Å²) in [5, 5.41) is 3.57. The Bertz CT molecular complexity index is 562. The first-order chi connectivity index (χ1) is 10.8. The van der Waals surface area contributed by atoms with Crippen molar-refractivity contribution in [1.82, 2.24) is 5.32 Å². The molecule has 1 unspecified atom stereocenters. The van der Waals surface area contributed by atoms with Crippen LogP contribution in [-0.4, -0.2) is 25.0 Å². The van der Waals surface area contributed by atoms with Gasteiger partial charge in [-0.3, -0.25) is 9.98 Å². The predicted molar refractivity (Wildman–Crippen MR) is 93.0 cm³/mol. The lowest BCUT2D eigenvalue weighted by atomic mass is 10.00. The van der Waals surface area contributed by atoms with E-state index in [4.69, 9.17) is 5.73 Å². The Hall–Kier alpha value is -1.84. The molecule has 0 aromatic carbocycles. The zero-order valence-corrected chi connectivity index (χ0v) is 13.4. The van der Waals surface area contributed by atoms with Crippen molar-refractivity contribution < 1.29 is 0 Å². The molecule has 0 saturated heterocycles. The van der Waals surface area contributed by atoms with Gasteiger partial charge in [-0.1, -0.05) is 25.5 Å². The normalized spacial score (nSPS) is 25.2. The first-order valence-corrected chi connectivity index (χ1v) is 8.50. The molecule has 3 N–H and O–H groups in total. The summed E-state index contributed by atoms with van der Waals surface area (Å²) in [6.45, 7) is 3.05. The van der Waals surface area contributed by atoms with Gasteiger partial charge in [-0.2, -0.15) is 0 Å². The third-order valence-corrected chi connectivity index (χ3v) is 4.36. The van der Waals surface area contributed by atoms with Gasteiger partial charge in [0.15, 0.2) is 0 Å². The lowest BCUT2D eigenvalue weighted by Crippen LogP contribution is -2.38. The van der Waals surface area contributed by atoms with Gasteiger partial charge in [-0.15, -0.1) is 0 Å². The molecule has 1 atom stereocenters. The van der Waals surface area contributed by atoms with Gasteiger partial charge in [0.25, 0.3) is 0 Å². The average Bonchev–Trinajstić information content (AvgIpc) is 3.39. The zero-order chi connectivity index (χ0) is 15.4. The minimum Gasteiger partial charge on any atom is -0.401 e. The Kier molecular flexibility index (Phi) is 4.76. The Morgan fingerprint density at radius 2 is 2.23 bits per heavy atom. The number of nitrogens with one attached hydrogen (secondary N) is 1. The van der Waals surface area contributed by atoms with Crippen molar-refractivity contribution in [1.29, 1.82) is 0 Å². The monoisotopic (exact) mass is 298 g/mol. The van der Waals surface area contributed by atoms with E-state index in [9.17, 15) is 0 Å². The minimum atomic E-state index is 0.0486. The molecule has 0 spiro atoms. The summed E-state index contributed by atoms with van der Waals surface area (Å²) in [6, 6.07) is 0.0486. The van der Waals surface area contributed by atoms with E-state index in [0.717, 1.165) is 48.5 Å². The fraction of sp³-hybridized carbons (Fsp3) is 0.556. The van der Waals surface area contributed by atoms with Gasteiger partial charge in [0, 0.05) is 30.2 Å². The van der Waals surface area contributed by atoms with Crippen molar-refractivity contribution in [3.8, 4) is 0 Å². The molecular formula is C18H26N4. The molecule has 1 aliphatic heterocycles. The summed E-state index contributed by atoms with van der Waals surface area (Å²) in [5.74, 6) is 0.542. The standard InChI is InChI=1S/C18H26N4/c1-2-3-10-20-11-14(18(19)13-8-9-13)17-12-21-15-6-4-5-7-16(15)22-17/h6-7,11-13,17,22H,2-5,8-10,19H2,1H3. The van der Waals surface area contributed by atoms with Crippen molar-refractivity contribution in [3.05, 3.63) is 34.8 Å². The number of fused-ring (bicyclic) bond motifs is 1. The Morgan fingerprint density at radius 1 is 1.41 bits per heavy atom. The third kappa shape index (κ3) is 3.49. The van der Waals surface area contributed by atoms with Crippen molar-refractivity contribution >= 4 is 12.4 Å². The quantitative estimate of drug-likeness (QED) is 0.584. The summed E-state index contributed by atoms with van der Waals surface area (Å²) < 4.78 is 0. The molecule has 3 rings (SSSR count). The van der Waals surface area contributed by atoms with Crippen molar-refractivity contribution in [2.45, 2.75) is 51.5 Å². The second kappa shape index (κ2) is 6.95. The van der Waals surface area contributed by atoms with Crippen LogP contribution < -0.4 is 11.1 Å². The maximum Gasteiger partial charge on any atom is 0.0902 e. The highest BCUT2D eigenvalue weighted by atomic mass is 15.0. The maximum atomic E-state index is 6.39. The first-order valence-electron chi connectivity index (χ1n) is 8.50. The highest BCUT2D eigenvalue weighted by Gasteiger charge is 2.29. The van der Waals surface area contributed by atoms with Crippen LogP contribution in [0.3, 0.4) is 0 Å². The van der Waals surface area contributed by atoms with Gasteiger partial charge in [0.1, 0.15) is 0 Å². The van der Waals surface area contributed by atoms with Gasteiger partial charge >= 0.3 is 0 Å². The molecule has 1 fully saturated rings. The summed E-state index contributed by atoms with van der Waals surface area (Å²) in [4.78, 5) is 9.19. The average molecular weight is 298 g/mol. The van der Waals surface area contributed by atoms with Crippen LogP contribution in [-0.2, 0) is 0 Å². The van der Waals surface area contributed by atoms with Crippen LogP contribution in [0.25, 0.3) is 0 Å². The molecule has 0 aromatic heterocycles. The fourth-order valence-electron chi connectivity index (χ4n) is 2.81. The smallest absolute Gasteiger partial charge is 0.0902 e. The topological polar surface area (TPSA) is 62.8 Å². The van der Waals surface area contributed by atoms with Gasteiger partial charge in [0.2, 0.25) is 0 Å². The van der Waals surface area contributed by atoms with Crippen LogP contribution in [0.1, 0.15) is 45.4 Å². The molecule has 4 heteroatoms. The minimum absolute atomic E-state index is 0.0486. The summed E-state index contributed by atoms with van der Waals surface area (Å²) >= 11 is 0. The summed E-state index contributed by atoms with van der Waals surface area (Å²) in [5.41, 5.74) is 10.7. The van der Waals surface area contributed by atoms with E-state index in [1.165, 1.54) is 19.3 Å². The number of unbranched alkanes of at least 4 members (excludes halogenated alkanes) is 1. The molecule has 0 aromatic rings. The van der Waals surface area contributed by atoms with Crippen molar-refractivity contribution in [2.24, 2.45) is 21.6 Å². The molecule has 3 aliphatic rings. The lowest BCUT2D eigenvalue weighted by molar-refractivity contribution is 0.754. The molecule has 118 valence electrons. The largest absolute Gasteiger partial charge is 0.401 e. The van der Waals surface area contributed by atoms with Gasteiger partial charge in [-0.25, -0.2) is 0 Å². The second-order valence-corrected chi connectivity index (χ2v) is 6.26. The van der Waals surface area contributed by atoms with E-state index in [2.05, 4.69) is 34.4 Å². The third-order valence-electron chi connectivity index (χ3n) is 4.36. The number of nitrogens with two attached hydrogens (primary N) is 1. The molecule has 0 radical (unpaired) electrons. The van der Waals surface area contributed by atoms with E-state index in [1.54, 1.807) is 0 Å². The Labute approximate surface area is 133 Å². The van der Waals surface area contributed by atoms with Crippen molar-refractivity contribution in [3.63, 3.8) is 0 Å². The van der Waals surface area contributed by atoms with Gasteiger partial charge in [0.05, 0.1) is 17.4 Å². The summed E-state index contributed by atoms with van der Waals surface area (Å²) in [7, 11) is 0. The lowest BCUT2D eigenvalue weighted by Gasteiger charge is -2.26. The second-order valence-electron chi connectivity index (χ2n) is 6.26. The number of nitrogens with zero attached hydrogens (tertiary/aromatic N) is 2. The molecule has 1 heterocycles. The van der Waals surface area contributed by atoms with Crippen LogP contribution in [0.2, 0.25) is 0 Å². The van der Waals surface area contributed by atoms with Gasteiger partial charge < -0.3 is 11.1 Å². The van der Waals surface area contributed by atoms with Crippen LogP contribution in [0.5, 0.6) is 0 Å². The number of aliphatic imine (C=N–C) groups is 2. The Morgan fingerprint density at radius 3 is 3.00 bits per heavy atom. The predicted octanol–water partition coefficient (Wildman–Crippen LogP) is 3.08. The molecule has 22 heavy (non-hydrogen) atoms. The maximum absolute atomic E-state index is 6.39. The fourth-order valence-corrected chi connectivity index (χ4v) is 2.81. The molecule has 4 nitrogen and oxygen atoms in total. The van der Waals surface area contributed by atoms with E-state index < -0.39 is 0 Å². The number of hydrogen-bond donors (Lipinski definition) is 2. The molecular weight excluding hydrogens is 272 g/mol. The van der Waals surface area contributed by atoms with E-state index >= 15 is 0 Å². The van der Waals surface area contributed by atoms with Crippen LogP contribution in [0, 0.1) is 5.92 Å². The van der Waals surface area contributed by atoms with Crippen molar-refractivity contribution in [2.75, 3.05) is 6.54 Å². The SMILES string of the molecule is CCCCN=CC(=C(N)C1CC1)C1C=NC2=CCCC=C2N1. The number of allylic oxidation sites excluding steroid dienone is 3. The number of rotatable bonds is 6. The van der Waals surface area contributed by atoms with Crippen LogP contribution in [0.15, 0.2) is 44.8 Å². The molecule has 0 bridgehead atoms. The van der Waals surface area contributed by atoms with E-state index in [0.29, 0.717) is 5.92 Å². The van der Waals surface area contributed by atoms with Crippen LogP contribution in [0.4, 0.5) is 0 Å². The van der Waals surface area contributed by atoms with E-state index in [1.807, 2.05) is 12.4 Å². The Balaban J connectivity index is 1.80. The molecule has 0 amide bonds. The highest BCUT2D eigenvalue weighted by molar-refractivity contribution is 5.90. The van der Waals surface area contributed by atoms with Crippen LogP contribution >= 0.6 is 0 Å². The number of hydrogen-bond acceptors (Lipinski definition) is 4. The first kappa shape index (κ1) is 15.1. The highest BCUT2D eigenvalue weighted by Crippen LogP contribution is 2.36. The summed E-state index contributed by atoms with van der Waals surface area (Å²) in [6.07, 6.45) is 15.2. The van der Waals surface area contributed by atoms with E-state index in [-0.39, 0.29) is 6.04 Å².